The Labute approximate surface area is 91.8 Å². The number of ether oxygens (including phenoxy) is 1. The second kappa shape index (κ2) is 3.20. The van der Waals surface area contributed by atoms with Crippen LogP contribution in [-0.4, -0.2) is 11.5 Å². The number of amides is 1. The molecule has 0 unspecified atom stereocenters. The average molecular weight is 220 g/mol. The van der Waals surface area contributed by atoms with Crippen LogP contribution in [0.3, 0.4) is 0 Å². The molecular formula is C11H9FN2O2. The van der Waals surface area contributed by atoms with Crippen LogP contribution in [0.4, 0.5) is 10.2 Å². The van der Waals surface area contributed by atoms with Gasteiger partial charge in [0.05, 0.1) is 11.6 Å². The smallest absolute Gasteiger partial charge is 0.298 e. The molecule has 5 heteroatoms. The minimum absolute atomic E-state index is 0.0247. The lowest BCUT2D eigenvalue weighted by Gasteiger charge is -2.33. The van der Waals surface area contributed by atoms with Gasteiger partial charge in [0.15, 0.2) is 5.60 Å². The van der Waals surface area contributed by atoms with Crippen LogP contribution in [0.5, 0.6) is 5.75 Å². The third kappa shape index (κ3) is 1.39. The minimum atomic E-state index is -1.23. The van der Waals surface area contributed by atoms with Crippen molar-refractivity contribution in [2.45, 2.75) is 19.4 Å². The fourth-order valence-corrected chi connectivity index (χ4v) is 1.49. The number of nitriles is 1. The van der Waals surface area contributed by atoms with E-state index in [-0.39, 0.29) is 22.1 Å². The van der Waals surface area contributed by atoms with Crippen molar-refractivity contribution in [1.29, 1.82) is 5.26 Å². The third-order valence-electron chi connectivity index (χ3n) is 2.36. The van der Waals surface area contributed by atoms with E-state index in [1.54, 1.807) is 0 Å². The molecule has 0 bridgehead atoms. The van der Waals surface area contributed by atoms with Gasteiger partial charge in [-0.3, -0.25) is 4.79 Å². The maximum absolute atomic E-state index is 13.7. The molecule has 0 saturated heterocycles. The molecule has 2 rings (SSSR count). The summed E-state index contributed by atoms with van der Waals surface area (Å²) in [4.78, 5) is 11.6. The molecule has 0 atom stereocenters. The van der Waals surface area contributed by atoms with E-state index in [2.05, 4.69) is 0 Å². The summed E-state index contributed by atoms with van der Waals surface area (Å²) in [6.45, 7) is 2.98. The van der Waals surface area contributed by atoms with Gasteiger partial charge < -0.3 is 4.74 Å². The molecule has 16 heavy (non-hydrogen) atoms. The van der Waals surface area contributed by atoms with E-state index in [1.807, 2.05) is 6.07 Å². The number of halogens is 1. The second-order valence-corrected chi connectivity index (χ2v) is 3.99. The van der Waals surface area contributed by atoms with Gasteiger partial charge in [-0.1, -0.05) is 4.48 Å². The highest BCUT2D eigenvalue weighted by atomic mass is 19.2. The SMILES string of the molecule is CC1(C)Oc2ccc(C#N)cc2N(F)C1=O. The second-order valence-electron chi connectivity index (χ2n) is 3.99. The van der Waals surface area contributed by atoms with Gasteiger partial charge in [0, 0.05) is 0 Å². The number of carbonyl (C=O) groups is 1. The molecule has 0 aromatic heterocycles. The van der Waals surface area contributed by atoms with Crippen LogP contribution in [0.1, 0.15) is 19.4 Å². The largest absolute Gasteiger partial charge is 0.476 e. The molecule has 0 aliphatic carbocycles. The van der Waals surface area contributed by atoms with Crippen LogP contribution in [0.15, 0.2) is 18.2 Å². The van der Waals surface area contributed by atoms with Crippen LogP contribution in [0.2, 0.25) is 0 Å². The quantitative estimate of drug-likeness (QED) is 0.628. The van der Waals surface area contributed by atoms with Crippen LogP contribution in [0, 0.1) is 11.3 Å². The predicted octanol–water partition coefficient (Wildman–Crippen LogP) is 1.95. The summed E-state index contributed by atoms with van der Waals surface area (Å²) < 4.78 is 19.0. The fraction of sp³-hybridized carbons (Fsp3) is 0.273. The zero-order valence-electron chi connectivity index (χ0n) is 8.82. The Hall–Kier alpha value is -2.09. The van der Waals surface area contributed by atoms with E-state index in [1.165, 1.54) is 32.0 Å². The van der Waals surface area contributed by atoms with Crippen LogP contribution in [-0.2, 0) is 4.79 Å². The van der Waals surface area contributed by atoms with Gasteiger partial charge in [-0.05, 0) is 32.0 Å². The Bertz CT molecular complexity index is 505. The van der Waals surface area contributed by atoms with Crippen LogP contribution < -0.4 is 9.86 Å². The van der Waals surface area contributed by atoms with Gasteiger partial charge in [-0.25, -0.2) is 0 Å². The highest BCUT2D eigenvalue weighted by molar-refractivity contribution is 6.00. The summed E-state index contributed by atoms with van der Waals surface area (Å²) >= 11 is 0. The van der Waals surface area contributed by atoms with Crippen molar-refractivity contribution in [3.63, 3.8) is 0 Å². The van der Waals surface area contributed by atoms with Crippen molar-refractivity contribution in [2.24, 2.45) is 0 Å². The summed E-state index contributed by atoms with van der Waals surface area (Å²) in [7, 11) is 0. The predicted molar refractivity (Wildman–Crippen MR) is 54.5 cm³/mol. The zero-order chi connectivity index (χ0) is 11.9. The minimum Gasteiger partial charge on any atom is -0.476 e. The highest BCUT2D eigenvalue weighted by Gasteiger charge is 2.41. The molecule has 82 valence electrons. The van der Waals surface area contributed by atoms with Crippen molar-refractivity contribution < 1.29 is 14.0 Å². The first kappa shape index (κ1) is 10.4. The monoisotopic (exact) mass is 220 g/mol. The van der Waals surface area contributed by atoms with E-state index >= 15 is 0 Å². The summed E-state index contributed by atoms with van der Waals surface area (Å²) in [5.41, 5.74) is -0.975. The normalized spacial score (nSPS) is 17.4. The Morgan fingerprint density at radius 3 is 2.81 bits per heavy atom. The first-order valence-electron chi connectivity index (χ1n) is 4.69. The Morgan fingerprint density at radius 2 is 2.19 bits per heavy atom. The van der Waals surface area contributed by atoms with E-state index in [0.29, 0.717) is 0 Å². The highest BCUT2D eigenvalue weighted by Crippen LogP contribution is 2.38. The lowest BCUT2D eigenvalue weighted by atomic mass is 10.0. The molecule has 1 aliphatic heterocycles. The molecular weight excluding hydrogens is 211 g/mol. The van der Waals surface area contributed by atoms with Gasteiger partial charge in [0.2, 0.25) is 0 Å². The Balaban J connectivity index is 2.56. The van der Waals surface area contributed by atoms with Crippen molar-refractivity contribution in [2.75, 3.05) is 5.12 Å². The van der Waals surface area contributed by atoms with E-state index in [4.69, 9.17) is 10.00 Å². The fourth-order valence-electron chi connectivity index (χ4n) is 1.49. The lowest BCUT2D eigenvalue weighted by Crippen LogP contribution is -2.49. The number of hydrogen-bond acceptors (Lipinski definition) is 3. The van der Waals surface area contributed by atoms with E-state index < -0.39 is 11.5 Å². The maximum Gasteiger partial charge on any atom is 0.298 e. The van der Waals surface area contributed by atoms with Crippen LogP contribution in [0.25, 0.3) is 0 Å². The average Bonchev–Trinajstić information content (AvgIpc) is 2.25. The van der Waals surface area contributed by atoms with Gasteiger partial charge in [-0.15, -0.1) is 5.12 Å². The molecule has 0 fully saturated rings. The molecule has 1 aliphatic rings. The number of rotatable bonds is 0. The topological polar surface area (TPSA) is 53.3 Å². The number of carbonyl (C=O) groups excluding carboxylic acids is 1. The summed E-state index contributed by atoms with van der Waals surface area (Å²) in [5.74, 6) is -0.527. The van der Waals surface area contributed by atoms with Gasteiger partial charge in [0.25, 0.3) is 5.91 Å². The standard InChI is InChI=1S/C11H9FN2O2/c1-11(2)10(15)14(12)8-5-7(6-13)3-4-9(8)16-11/h3-5H,1-2H3. The number of nitrogens with zero attached hydrogens (tertiary/aromatic N) is 2. The van der Waals surface area contributed by atoms with Crippen LogP contribution >= 0.6 is 0 Å². The third-order valence-corrected chi connectivity index (χ3v) is 2.36. The Morgan fingerprint density at radius 1 is 1.50 bits per heavy atom. The van der Waals surface area contributed by atoms with Crippen molar-refractivity contribution in [3.8, 4) is 11.8 Å². The molecule has 1 aromatic rings. The lowest BCUT2D eigenvalue weighted by molar-refractivity contribution is -0.136. The van der Waals surface area contributed by atoms with Gasteiger partial charge in [0.1, 0.15) is 11.4 Å². The summed E-state index contributed by atoms with van der Waals surface area (Å²) in [6, 6.07) is 6.15. The van der Waals surface area contributed by atoms with E-state index in [0.717, 1.165) is 0 Å². The number of fused-ring (bicyclic) bond motifs is 1. The molecule has 4 nitrogen and oxygen atoms in total. The van der Waals surface area contributed by atoms with E-state index in [9.17, 15) is 9.28 Å². The molecule has 1 amide bonds. The van der Waals surface area contributed by atoms with Crippen molar-refractivity contribution in [3.05, 3.63) is 23.8 Å². The maximum atomic E-state index is 13.7. The summed E-state index contributed by atoms with van der Waals surface area (Å²) in [5, 5.41) is 8.70. The molecule has 0 saturated carbocycles. The summed E-state index contributed by atoms with van der Waals surface area (Å²) in [6.07, 6.45) is 0. The molecule has 1 heterocycles. The Kier molecular flexibility index (Phi) is 2.09. The number of benzene rings is 1. The molecule has 0 spiro atoms. The van der Waals surface area contributed by atoms with Crippen molar-refractivity contribution >= 4 is 11.6 Å². The van der Waals surface area contributed by atoms with Gasteiger partial charge >= 0.3 is 0 Å². The van der Waals surface area contributed by atoms with Gasteiger partial charge in [-0.2, -0.15) is 5.26 Å². The first-order valence-corrected chi connectivity index (χ1v) is 4.69. The first-order chi connectivity index (χ1) is 7.45. The van der Waals surface area contributed by atoms with Crippen molar-refractivity contribution in [1.82, 2.24) is 0 Å². The molecule has 0 radical (unpaired) electrons. The number of anilines is 1. The zero-order valence-corrected chi connectivity index (χ0v) is 8.82. The number of hydrogen-bond donors (Lipinski definition) is 0. The molecule has 0 N–H and O–H groups in total. The molecule has 1 aromatic carbocycles.